The van der Waals surface area contributed by atoms with Gasteiger partial charge in [-0.1, -0.05) is 30.3 Å². The Labute approximate surface area is 186 Å². The van der Waals surface area contributed by atoms with E-state index in [9.17, 15) is 39.5 Å². The Morgan fingerprint density at radius 3 is 2.42 bits per heavy atom. The Hall–Kier alpha value is -4.12. The van der Waals surface area contributed by atoms with Crippen LogP contribution in [-0.4, -0.2) is 44.4 Å². The van der Waals surface area contributed by atoms with Crippen molar-refractivity contribution in [3.05, 3.63) is 69.8 Å². The average Bonchev–Trinajstić information content (AvgIpc) is 3.22. The molecule has 2 saturated heterocycles. The minimum atomic E-state index is -2.24. The molecule has 0 radical (unpaired) electrons. The first-order chi connectivity index (χ1) is 15.6. The van der Waals surface area contributed by atoms with Crippen LogP contribution in [0, 0.1) is 28.9 Å². The molecular formula is C22H19N3O8. The number of hydrogen-bond donors (Lipinski definition) is 3. The Morgan fingerprint density at radius 1 is 1.12 bits per heavy atom. The molecule has 0 spiro atoms. The summed E-state index contributed by atoms with van der Waals surface area (Å²) in [7, 11) is 0. The first-order valence-corrected chi connectivity index (χ1v) is 9.99. The number of non-ortho nitro benzene ring substituents is 1. The molecule has 0 aromatic heterocycles. The van der Waals surface area contributed by atoms with Crippen molar-refractivity contribution < 1.29 is 34.3 Å². The van der Waals surface area contributed by atoms with E-state index < -0.39 is 58.5 Å². The Bertz CT molecular complexity index is 1210. The number of nitrogens with one attached hydrogen (secondary N) is 1. The predicted octanol–water partition coefficient (Wildman–Crippen LogP) is 1.65. The molecule has 11 nitrogen and oxygen atoms in total. The van der Waals surface area contributed by atoms with Crippen LogP contribution in [0.3, 0.4) is 0 Å². The zero-order valence-electron chi connectivity index (χ0n) is 17.3. The molecule has 2 aromatic carbocycles. The van der Waals surface area contributed by atoms with Gasteiger partial charge < -0.3 is 10.2 Å². The number of carbonyl (C=O) groups is 4. The number of aryl methyl sites for hydroxylation is 1. The SMILES string of the molecule is Cc1ccccc1C1NC(CC(=O)O)(C(=O)O)C2C(=O)N(c3cccc([N+](=O)[O-])c3)C(=O)C12. The average molecular weight is 453 g/mol. The third kappa shape index (κ3) is 3.33. The smallest absolute Gasteiger partial charge is 0.325 e. The summed E-state index contributed by atoms with van der Waals surface area (Å²) < 4.78 is 0. The molecule has 33 heavy (non-hydrogen) atoms. The van der Waals surface area contributed by atoms with Gasteiger partial charge in [-0.05, 0) is 24.1 Å². The number of aliphatic carboxylic acids is 2. The molecule has 0 bridgehead atoms. The van der Waals surface area contributed by atoms with E-state index in [-0.39, 0.29) is 11.4 Å². The van der Waals surface area contributed by atoms with Crippen molar-refractivity contribution in [2.24, 2.45) is 11.8 Å². The summed E-state index contributed by atoms with van der Waals surface area (Å²) >= 11 is 0. The van der Waals surface area contributed by atoms with Gasteiger partial charge in [-0.2, -0.15) is 0 Å². The minimum Gasteiger partial charge on any atom is -0.481 e. The highest BCUT2D eigenvalue weighted by Crippen LogP contribution is 2.51. The van der Waals surface area contributed by atoms with Gasteiger partial charge in [-0.3, -0.25) is 34.6 Å². The van der Waals surface area contributed by atoms with Gasteiger partial charge in [0, 0.05) is 18.2 Å². The van der Waals surface area contributed by atoms with Gasteiger partial charge in [0.25, 0.3) is 5.69 Å². The zero-order valence-corrected chi connectivity index (χ0v) is 17.3. The number of hydrogen-bond acceptors (Lipinski definition) is 7. The van der Waals surface area contributed by atoms with Gasteiger partial charge in [-0.15, -0.1) is 0 Å². The minimum absolute atomic E-state index is 0.0771. The maximum absolute atomic E-state index is 13.5. The molecule has 2 heterocycles. The summed E-state index contributed by atoms with van der Waals surface area (Å²) in [5.74, 6) is -7.44. The lowest BCUT2D eigenvalue weighted by Gasteiger charge is -2.30. The maximum Gasteiger partial charge on any atom is 0.325 e. The lowest BCUT2D eigenvalue weighted by molar-refractivity contribution is -0.384. The maximum atomic E-state index is 13.5. The highest BCUT2D eigenvalue weighted by Gasteiger charge is 2.69. The Balaban J connectivity index is 1.89. The number of carboxylic acids is 2. The van der Waals surface area contributed by atoms with E-state index in [1.807, 2.05) is 0 Å². The molecule has 2 aliphatic rings. The molecule has 2 fully saturated rings. The number of nitrogens with zero attached hydrogens (tertiary/aromatic N) is 2. The van der Waals surface area contributed by atoms with Gasteiger partial charge >= 0.3 is 11.9 Å². The van der Waals surface area contributed by atoms with Crippen LogP contribution >= 0.6 is 0 Å². The van der Waals surface area contributed by atoms with Gasteiger partial charge in [0.15, 0.2) is 0 Å². The molecule has 3 N–H and O–H groups in total. The van der Waals surface area contributed by atoms with E-state index in [0.29, 0.717) is 5.56 Å². The summed E-state index contributed by atoms with van der Waals surface area (Å²) in [6, 6.07) is 10.8. The van der Waals surface area contributed by atoms with Crippen molar-refractivity contribution >= 4 is 35.1 Å². The molecule has 11 heteroatoms. The van der Waals surface area contributed by atoms with Crippen molar-refractivity contribution in [2.45, 2.75) is 24.9 Å². The summed E-state index contributed by atoms with van der Waals surface area (Å²) in [4.78, 5) is 62.3. The number of amides is 2. The number of anilines is 1. The van der Waals surface area contributed by atoms with E-state index in [1.165, 1.54) is 18.2 Å². The van der Waals surface area contributed by atoms with E-state index >= 15 is 0 Å². The second-order valence-corrected chi connectivity index (χ2v) is 8.12. The quantitative estimate of drug-likeness (QED) is 0.335. The zero-order chi connectivity index (χ0) is 24.1. The van der Waals surface area contributed by atoms with Crippen LogP contribution in [0.2, 0.25) is 0 Å². The van der Waals surface area contributed by atoms with Crippen LogP contribution in [0.25, 0.3) is 0 Å². The fourth-order valence-electron chi connectivity index (χ4n) is 4.88. The fourth-order valence-corrected chi connectivity index (χ4v) is 4.88. The Morgan fingerprint density at radius 2 is 1.82 bits per heavy atom. The van der Waals surface area contributed by atoms with E-state index in [2.05, 4.69) is 5.32 Å². The molecule has 0 saturated carbocycles. The number of carbonyl (C=O) groups excluding carboxylic acids is 2. The van der Waals surface area contributed by atoms with Crippen LogP contribution in [-0.2, 0) is 19.2 Å². The largest absolute Gasteiger partial charge is 0.481 e. The summed E-state index contributed by atoms with van der Waals surface area (Å²) in [5.41, 5.74) is -1.39. The fraction of sp³-hybridized carbons (Fsp3) is 0.273. The molecular weight excluding hydrogens is 434 g/mol. The number of fused-ring (bicyclic) bond motifs is 1. The molecule has 4 atom stereocenters. The van der Waals surface area contributed by atoms with Crippen molar-refractivity contribution in [3.8, 4) is 0 Å². The summed E-state index contributed by atoms with van der Waals surface area (Å²) in [5, 5.41) is 33.5. The van der Waals surface area contributed by atoms with Crippen molar-refractivity contribution in [2.75, 3.05) is 4.90 Å². The number of benzene rings is 2. The van der Waals surface area contributed by atoms with Crippen LogP contribution in [0.5, 0.6) is 0 Å². The second-order valence-electron chi connectivity index (χ2n) is 8.12. The predicted molar refractivity (Wildman–Crippen MR) is 112 cm³/mol. The molecule has 2 amide bonds. The number of imide groups is 1. The lowest BCUT2D eigenvalue weighted by atomic mass is 9.77. The van der Waals surface area contributed by atoms with Crippen molar-refractivity contribution in [1.29, 1.82) is 0 Å². The highest BCUT2D eigenvalue weighted by atomic mass is 16.6. The molecule has 2 aliphatic heterocycles. The van der Waals surface area contributed by atoms with Gasteiger partial charge in [0.2, 0.25) is 11.8 Å². The molecule has 2 aromatic rings. The first-order valence-electron chi connectivity index (χ1n) is 9.99. The van der Waals surface area contributed by atoms with Crippen LogP contribution in [0.15, 0.2) is 48.5 Å². The van der Waals surface area contributed by atoms with Crippen molar-refractivity contribution in [1.82, 2.24) is 5.32 Å². The third-order valence-electron chi connectivity index (χ3n) is 6.29. The van der Waals surface area contributed by atoms with Gasteiger partial charge in [0.05, 0.1) is 28.9 Å². The number of nitro groups is 1. The van der Waals surface area contributed by atoms with Crippen LogP contribution in [0.4, 0.5) is 11.4 Å². The number of carboxylic acid groups (broad SMARTS) is 2. The Kier molecular flexibility index (Phi) is 5.21. The summed E-state index contributed by atoms with van der Waals surface area (Å²) in [6.45, 7) is 1.75. The van der Waals surface area contributed by atoms with Crippen LogP contribution in [0.1, 0.15) is 23.6 Å². The standard InChI is InChI=1S/C22H19N3O8/c1-11-5-2-3-8-14(11)18-16-17(22(23-18,21(30)31)10-15(26)27)20(29)24(19(16)28)12-6-4-7-13(9-12)25(32)33/h2-9,16-18,23H,10H2,1H3,(H,26,27)(H,30,31). The van der Waals surface area contributed by atoms with Gasteiger partial charge in [0.1, 0.15) is 5.54 Å². The third-order valence-corrected chi connectivity index (χ3v) is 6.29. The van der Waals surface area contributed by atoms with E-state index in [0.717, 1.165) is 16.5 Å². The normalized spacial score (nSPS) is 26.3. The molecule has 0 aliphatic carbocycles. The number of nitro benzene ring substituents is 1. The first kappa shape index (κ1) is 22.1. The lowest BCUT2D eigenvalue weighted by Crippen LogP contribution is -2.57. The van der Waals surface area contributed by atoms with E-state index in [1.54, 1.807) is 31.2 Å². The molecule has 4 unspecified atom stereocenters. The van der Waals surface area contributed by atoms with Gasteiger partial charge in [-0.25, -0.2) is 4.90 Å². The summed E-state index contributed by atoms with van der Waals surface area (Å²) in [6.07, 6.45) is -0.937. The highest BCUT2D eigenvalue weighted by molar-refractivity contribution is 6.24. The molecule has 170 valence electrons. The molecule has 4 rings (SSSR count). The topological polar surface area (TPSA) is 167 Å². The monoisotopic (exact) mass is 453 g/mol. The van der Waals surface area contributed by atoms with E-state index in [4.69, 9.17) is 0 Å². The van der Waals surface area contributed by atoms with Crippen LogP contribution < -0.4 is 10.2 Å². The number of rotatable bonds is 6. The van der Waals surface area contributed by atoms with Crippen molar-refractivity contribution in [3.63, 3.8) is 0 Å². The second kappa shape index (κ2) is 7.78.